The maximum atomic E-state index is 8.87. The van der Waals surface area contributed by atoms with Gasteiger partial charge in [0.1, 0.15) is 0 Å². The SMILES string of the molecule is C=NC(O)CNCCCC. The Morgan fingerprint density at radius 3 is 2.90 bits per heavy atom. The van der Waals surface area contributed by atoms with Gasteiger partial charge in [0.05, 0.1) is 0 Å². The molecule has 0 radical (unpaired) electrons. The van der Waals surface area contributed by atoms with Gasteiger partial charge in [0.2, 0.25) is 0 Å². The van der Waals surface area contributed by atoms with Crippen LogP contribution < -0.4 is 5.32 Å². The van der Waals surface area contributed by atoms with Crippen molar-refractivity contribution in [3.05, 3.63) is 0 Å². The second-order valence-corrected chi connectivity index (χ2v) is 2.22. The summed E-state index contributed by atoms with van der Waals surface area (Å²) in [6.07, 6.45) is 1.67. The summed E-state index contributed by atoms with van der Waals surface area (Å²) in [5.74, 6) is 0. The molecule has 0 spiro atoms. The highest BCUT2D eigenvalue weighted by atomic mass is 16.3. The number of aliphatic imine (C=N–C) groups is 1. The highest BCUT2D eigenvalue weighted by molar-refractivity contribution is 5.23. The molecule has 3 heteroatoms. The van der Waals surface area contributed by atoms with E-state index in [1.807, 2.05) is 0 Å². The predicted octanol–water partition coefficient (Wildman–Crippen LogP) is 0.395. The van der Waals surface area contributed by atoms with Gasteiger partial charge in [-0.05, 0) is 19.7 Å². The monoisotopic (exact) mass is 144 g/mol. The Labute approximate surface area is 62.2 Å². The predicted molar refractivity (Wildman–Crippen MR) is 43.3 cm³/mol. The van der Waals surface area contributed by atoms with Crippen molar-refractivity contribution in [1.82, 2.24) is 5.32 Å². The molecule has 0 aliphatic carbocycles. The van der Waals surface area contributed by atoms with Crippen LogP contribution in [0, 0.1) is 0 Å². The highest BCUT2D eigenvalue weighted by Crippen LogP contribution is 1.83. The molecule has 0 saturated heterocycles. The van der Waals surface area contributed by atoms with Crippen molar-refractivity contribution in [2.24, 2.45) is 4.99 Å². The van der Waals surface area contributed by atoms with E-state index in [-0.39, 0.29) is 0 Å². The number of hydrogen-bond donors (Lipinski definition) is 2. The molecule has 0 aliphatic heterocycles. The van der Waals surface area contributed by atoms with Crippen molar-refractivity contribution in [2.75, 3.05) is 13.1 Å². The smallest absolute Gasteiger partial charge is 0.156 e. The Hall–Kier alpha value is -0.410. The third kappa shape index (κ3) is 5.72. The zero-order chi connectivity index (χ0) is 7.82. The lowest BCUT2D eigenvalue weighted by atomic mass is 10.3. The van der Waals surface area contributed by atoms with Crippen LogP contribution in [0.15, 0.2) is 4.99 Å². The highest BCUT2D eigenvalue weighted by Gasteiger charge is 1.95. The first-order valence-electron chi connectivity index (χ1n) is 3.66. The van der Waals surface area contributed by atoms with E-state index in [9.17, 15) is 0 Å². The third-order valence-corrected chi connectivity index (χ3v) is 1.24. The summed E-state index contributed by atoms with van der Waals surface area (Å²) in [6, 6.07) is 0. The van der Waals surface area contributed by atoms with E-state index >= 15 is 0 Å². The molecule has 0 amide bonds. The number of hydrogen-bond acceptors (Lipinski definition) is 3. The second-order valence-electron chi connectivity index (χ2n) is 2.22. The lowest BCUT2D eigenvalue weighted by molar-refractivity contribution is 0.182. The number of aliphatic hydroxyl groups excluding tert-OH is 1. The van der Waals surface area contributed by atoms with Gasteiger partial charge in [-0.15, -0.1) is 0 Å². The zero-order valence-corrected chi connectivity index (χ0v) is 6.51. The molecule has 0 aliphatic rings. The first-order valence-corrected chi connectivity index (χ1v) is 3.66. The summed E-state index contributed by atoms with van der Waals surface area (Å²) in [7, 11) is 0. The molecule has 0 aromatic heterocycles. The maximum absolute atomic E-state index is 8.87. The quantitative estimate of drug-likeness (QED) is 0.418. The third-order valence-electron chi connectivity index (χ3n) is 1.24. The summed E-state index contributed by atoms with van der Waals surface area (Å²) in [4.78, 5) is 3.43. The fourth-order valence-electron chi connectivity index (χ4n) is 0.597. The average Bonchev–Trinajstić information content (AvgIpc) is 1.98. The molecule has 1 unspecified atom stereocenters. The van der Waals surface area contributed by atoms with E-state index in [4.69, 9.17) is 5.11 Å². The van der Waals surface area contributed by atoms with Gasteiger partial charge >= 0.3 is 0 Å². The minimum absolute atomic E-state index is 0.517. The lowest BCUT2D eigenvalue weighted by Crippen LogP contribution is -2.25. The number of unbranched alkanes of at least 4 members (excludes halogenated alkanes) is 1. The van der Waals surface area contributed by atoms with E-state index in [1.54, 1.807) is 0 Å². The van der Waals surface area contributed by atoms with Crippen LogP contribution >= 0.6 is 0 Å². The number of nitrogens with zero attached hydrogens (tertiary/aromatic N) is 1. The molecule has 2 N–H and O–H groups in total. The molecular weight excluding hydrogens is 128 g/mol. The van der Waals surface area contributed by atoms with Crippen molar-refractivity contribution in [3.63, 3.8) is 0 Å². The van der Waals surface area contributed by atoms with Gasteiger partial charge in [0.25, 0.3) is 0 Å². The molecule has 0 heterocycles. The van der Waals surface area contributed by atoms with Crippen LogP contribution in [0.4, 0.5) is 0 Å². The molecular formula is C7H16N2O. The van der Waals surface area contributed by atoms with Crippen LogP contribution in [-0.4, -0.2) is 31.1 Å². The minimum atomic E-state index is -0.642. The molecule has 0 fully saturated rings. The van der Waals surface area contributed by atoms with E-state index in [0.717, 1.165) is 13.0 Å². The normalized spacial score (nSPS) is 13.0. The number of nitrogens with one attached hydrogen (secondary N) is 1. The van der Waals surface area contributed by atoms with Gasteiger partial charge < -0.3 is 10.4 Å². The topological polar surface area (TPSA) is 44.6 Å². The van der Waals surface area contributed by atoms with E-state index in [2.05, 4.69) is 24.0 Å². The summed E-state index contributed by atoms with van der Waals surface area (Å²) in [6.45, 7) is 6.81. The van der Waals surface area contributed by atoms with E-state index in [0.29, 0.717) is 6.54 Å². The van der Waals surface area contributed by atoms with Crippen molar-refractivity contribution < 1.29 is 5.11 Å². The lowest BCUT2D eigenvalue weighted by Gasteiger charge is -2.05. The molecule has 0 bridgehead atoms. The average molecular weight is 144 g/mol. The molecule has 60 valence electrons. The van der Waals surface area contributed by atoms with Crippen LogP contribution in [0.2, 0.25) is 0 Å². The van der Waals surface area contributed by atoms with Gasteiger partial charge in [-0.3, -0.25) is 4.99 Å². The summed E-state index contributed by atoms with van der Waals surface area (Å²) in [5, 5.41) is 11.9. The summed E-state index contributed by atoms with van der Waals surface area (Å²) >= 11 is 0. The number of rotatable bonds is 6. The van der Waals surface area contributed by atoms with Crippen LogP contribution in [0.25, 0.3) is 0 Å². The second kappa shape index (κ2) is 6.71. The Bertz CT molecular complexity index is 85.7. The first-order chi connectivity index (χ1) is 4.81. The Morgan fingerprint density at radius 1 is 1.70 bits per heavy atom. The van der Waals surface area contributed by atoms with Crippen LogP contribution in [0.3, 0.4) is 0 Å². The maximum Gasteiger partial charge on any atom is 0.156 e. The van der Waals surface area contributed by atoms with Crippen molar-refractivity contribution in [1.29, 1.82) is 0 Å². The molecule has 10 heavy (non-hydrogen) atoms. The summed E-state index contributed by atoms with van der Waals surface area (Å²) in [5.41, 5.74) is 0. The Morgan fingerprint density at radius 2 is 2.40 bits per heavy atom. The van der Waals surface area contributed by atoms with Gasteiger partial charge in [-0.1, -0.05) is 13.3 Å². The van der Waals surface area contributed by atoms with Gasteiger partial charge in [-0.25, -0.2) is 0 Å². The van der Waals surface area contributed by atoms with Crippen LogP contribution in [0.1, 0.15) is 19.8 Å². The van der Waals surface area contributed by atoms with E-state index in [1.165, 1.54) is 6.42 Å². The molecule has 0 aromatic rings. The summed E-state index contributed by atoms with van der Waals surface area (Å²) < 4.78 is 0. The first kappa shape index (κ1) is 9.59. The van der Waals surface area contributed by atoms with Crippen molar-refractivity contribution in [2.45, 2.75) is 26.0 Å². The van der Waals surface area contributed by atoms with Gasteiger partial charge in [-0.2, -0.15) is 0 Å². The molecule has 0 aromatic carbocycles. The minimum Gasteiger partial charge on any atom is -0.371 e. The molecule has 1 atom stereocenters. The molecule has 0 saturated carbocycles. The Balaban J connectivity index is 2.95. The largest absolute Gasteiger partial charge is 0.371 e. The van der Waals surface area contributed by atoms with Crippen LogP contribution in [-0.2, 0) is 0 Å². The standard InChI is InChI=1S/C7H16N2O/c1-3-4-5-9-6-7(10)8-2/h7,9-10H,2-6H2,1H3. The number of aliphatic hydroxyl groups is 1. The fraction of sp³-hybridized carbons (Fsp3) is 0.857. The fourth-order valence-corrected chi connectivity index (χ4v) is 0.597. The molecule has 0 rings (SSSR count). The molecule has 3 nitrogen and oxygen atoms in total. The van der Waals surface area contributed by atoms with Gasteiger partial charge in [0.15, 0.2) is 6.23 Å². The Kier molecular flexibility index (Phi) is 6.43. The van der Waals surface area contributed by atoms with Crippen molar-refractivity contribution in [3.8, 4) is 0 Å². The van der Waals surface area contributed by atoms with E-state index < -0.39 is 6.23 Å². The zero-order valence-electron chi connectivity index (χ0n) is 6.51. The van der Waals surface area contributed by atoms with Gasteiger partial charge in [0, 0.05) is 6.54 Å². The van der Waals surface area contributed by atoms with Crippen molar-refractivity contribution >= 4 is 6.72 Å². The van der Waals surface area contributed by atoms with Crippen LogP contribution in [0.5, 0.6) is 0 Å².